The van der Waals surface area contributed by atoms with Crippen LogP contribution in [0.2, 0.25) is 0 Å². The van der Waals surface area contributed by atoms with E-state index in [-0.39, 0.29) is 18.4 Å². The molecule has 0 aliphatic carbocycles. The molecule has 0 radical (unpaired) electrons. The van der Waals surface area contributed by atoms with Crippen molar-refractivity contribution in [2.75, 3.05) is 26.2 Å². The highest BCUT2D eigenvalue weighted by atomic mass is 16.5. The molecule has 0 bridgehead atoms. The van der Waals surface area contributed by atoms with Crippen molar-refractivity contribution in [2.45, 2.75) is 32.7 Å². The molecule has 1 saturated heterocycles. The molecule has 1 rings (SSSR count). The molecule has 1 fully saturated rings. The van der Waals surface area contributed by atoms with Crippen LogP contribution in [0.1, 0.15) is 26.7 Å². The first-order valence-electron chi connectivity index (χ1n) is 6.91. The SMILES string of the molecule is CCOC(=O)C(N)C(=O)N1CCC(CNC(C)=O)CC1. The molecule has 1 heterocycles. The van der Waals surface area contributed by atoms with E-state index in [0.29, 0.717) is 25.6 Å². The first-order valence-corrected chi connectivity index (χ1v) is 6.91. The number of piperidine rings is 1. The Morgan fingerprint density at radius 1 is 1.35 bits per heavy atom. The number of esters is 1. The largest absolute Gasteiger partial charge is 0.464 e. The fourth-order valence-electron chi connectivity index (χ4n) is 2.18. The lowest BCUT2D eigenvalue weighted by Crippen LogP contribution is -2.51. The molecule has 7 heteroatoms. The monoisotopic (exact) mass is 285 g/mol. The van der Waals surface area contributed by atoms with Crippen LogP contribution in [-0.4, -0.2) is 55.0 Å². The Labute approximate surface area is 118 Å². The van der Waals surface area contributed by atoms with Gasteiger partial charge in [-0.1, -0.05) is 0 Å². The van der Waals surface area contributed by atoms with Gasteiger partial charge in [0.2, 0.25) is 5.91 Å². The number of nitrogens with two attached hydrogens (primary N) is 1. The Hall–Kier alpha value is -1.63. The summed E-state index contributed by atoms with van der Waals surface area (Å²) in [6.07, 6.45) is 1.59. The van der Waals surface area contributed by atoms with Gasteiger partial charge in [-0.3, -0.25) is 9.59 Å². The van der Waals surface area contributed by atoms with E-state index < -0.39 is 12.0 Å². The second kappa shape index (κ2) is 7.84. The summed E-state index contributed by atoms with van der Waals surface area (Å²) in [6.45, 7) is 5.09. The molecule has 114 valence electrons. The fourth-order valence-corrected chi connectivity index (χ4v) is 2.18. The Bertz CT molecular complexity index is 365. The Kier molecular flexibility index (Phi) is 6.44. The molecule has 1 aliphatic heterocycles. The summed E-state index contributed by atoms with van der Waals surface area (Å²) >= 11 is 0. The zero-order chi connectivity index (χ0) is 15.1. The van der Waals surface area contributed by atoms with Crippen LogP contribution in [0.25, 0.3) is 0 Å². The smallest absolute Gasteiger partial charge is 0.332 e. The van der Waals surface area contributed by atoms with Crippen molar-refractivity contribution in [3.8, 4) is 0 Å². The second-order valence-electron chi connectivity index (χ2n) is 4.94. The summed E-state index contributed by atoms with van der Waals surface area (Å²) in [5.41, 5.74) is 5.59. The molecule has 3 N–H and O–H groups in total. The molecule has 0 spiro atoms. The number of amides is 2. The average Bonchev–Trinajstić information content (AvgIpc) is 2.44. The maximum atomic E-state index is 12.0. The molecular formula is C13H23N3O4. The minimum Gasteiger partial charge on any atom is -0.464 e. The van der Waals surface area contributed by atoms with E-state index >= 15 is 0 Å². The van der Waals surface area contributed by atoms with Gasteiger partial charge in [-0.05, 0) is 25.7 Å². The number of hydrogen-bond donors (Lipinski definition) is 2. The Balaban J connectivity index is 2.38. The third-order valence-corrected chi connectivity index (χ3v) is 3.37. The summed E-state index contributed by atoms with van der Waals surface area (Å²) in [6, 6.07) is -1.23. The van der Waals surface area contributed by atoms with Crippen LogP contribution in [0.5, 0.6) is 0 Å². The van der Waals surface area contributed by atoms with Crippen molar-refractivity contribution in [1.29, 1.82) is 0 Å². The van der Waals surface area contributed by atoms with E-state index in [1.807, 2.05) is 0 Å². The number of carbonyl (C=O) groups excluding carboxylic acids is 3. The van der Waals surface area contributed by atoms with Crippen LogP contribution in [0.4, 0.5) is 0 Å². The lowest BCUT2D eigenvalue weighted by Gasteiger charge is -2.33. The number of hydrogen-bond acceptors (Lipinski definition) is 5. The van der Waals surface area contributed by atoms with Gasteiger partial charge in [0.25, 0.3) is 5.91 Å². The number of ether oxygens (including phenoxy) is 1. The van der Waals surface area contributed by atoms with E-state index in [2.05, 4.69) is 5.32 Å². The Morgan fingerprint density at radius 3 is 2.45 bits per heavy atom. The highest BCUT2D eigenvalue weighted by Crippen LogP contribution is 2.17. The highest BCUT2D eigenvalue weighted by Gasteiger charge is 2.30. The van der Waals surface area contributed by atoms with Gasteiger partial charge in [0.1, 0.15) is 0 Å². The normalized spacial score (nSPS) is 17.4. The number of carbonyl (C=O) groups is 3. The first kappa shape index (κ1) is 16.4. The maximum absolute atomic E-state index is 12.0. The van der Waals surface area contributed by atoms with Gasteiger partial charge in [-0.2, -0.15) is 0 Å². The van der Waals surface area contributed by atoms with Crippen molar-refractivity contribution in [3.63, 3.8) is 0 Å². The lowest BCUT2D eigenvalue weighted by atomic mass is 9.96. The fraction of sp³-hybridized carbons (Fsp3) is 0.769. The predicted octanol–water partition coefficient (Wildman–Crippen LogP) is -0.748. The summed E-state index contributed by atoms with van der Waals surface area (Å²) < 4.78 is 4.74. The van der Waals surface area contributed by atoms with Crippen molar-refractivity contribution in [1.82, 2.24) is 10.2 Å². The molecule has 2 amide bonds. The number of rotatable bonds is 5. The molecular weight excluding hydrogens is 262 g/mol. The summed E-state index contributed by atoms with van der Waals surface area (Å²) in [7, 11) is 0. The minimum absolute atomic E-state index is 0.0483. The zero-order valence-electron chi connectivity index (χ0n) is 12.1. The highest BCUT2D eigenvalue weighted by molar-refractivity contribution is 6.01. The van der Waals surface area contributed by atoms with Crippen molar-refractivity contribution in [3.05, 3.63) is 0 Å². The van der Waals surface area contributed by atoms with Crippen molar-refractivity contribution in [2.24, 2.45) is 11.7 Å². The van der Waals surface area contributed by atoms with Crippen molar-refractivity contribution >= 4 is 17.8 Å². The van der Waals surface area contributed by atoms with Gasteiger partial charge in [0, 0.05) is 26.6 Å². The standard InChI is InChI=1S/C13H23N3O4/c1-3-20-13(19)11(14)12(18)16-6-4-10(5-7-16)8-15-9(2)17/h10-11H,3-8,14H2,1-2H3,(H,15,17). The molecule has 1 atom stereocenters. The molecule has 1 aliphatic rings. The predicted molar refractivity (Wildman–Crippen MR) is 72.6 cm³/mol. The first-order chi connectivity index (χ1) is 9.45. The van der Waals surface area contributed by atoms with Gasteiger partial charge >= 0.3 is 5.97 Å². The zero-order valence-corrected chi connectivity index (χ0v) is 12.1. The van der Waals surface area contributed by atoms with Crippen LogP contribution >= 0.6 is 0 Å². The quantitative estimate of drug-likeness (QED) is 0.511. The van der Waals surface area contributed by atoms with Crippen LogP contribution in [0.15, 0.2) is 0 Å². The Morgan fingerprint density at radius 2 is 1.95 bits per heavy atom. The summed E-state index contributed by atoms with van der Waals surface area (Å²) in [5.74, 6) is -0.756. The van der Waals surface area contributed by atoms with E-state index in [1.54, 1.807) is 11.8 Å². The van der Waals surface area contributed by atoms with Gasteiger partial charge in [-0.15, -0.1) is 0 Å². The van der Waals surface area contributed by atoms with Crippen molar-refractivity contribution < 1.29 is 19.1 Å². The number of nitrogens with one attached hydrogen (secondary N) is 1. The number of likely N-dealkylation sites (tertiary alicyclic amines) is 1. The van der Waals surface area contributed by atoms with Crippen LogP contribution < -0.4 is 11.1 Å². The third-order valence-electron chi connectivity index (χ3n) is 3.37. The summed E-state index contributed by atoms with van der Waals surface area (Å²) in [4.78, 5) is 35.9. The molecule has 0 aromatic carbocycles. The topological polar surface area (TPSA) is 102 Å². The van der Waals surface area contributed by atoms with E-state index in [0.717, 1.165) is 12.8 Å². The van der Waals surface area contributed by atoms with Gasteiger partial charge in [-0.25, -0.2) is 4.79 Å². The lowest BCUT2D eigenvalue weighted by molar-refractivity contribution is -0.151. The molecule has 1 unspecified atom stereocenters. The molecule has 0 saturated carbocycles. The van der Waals surface area contributed by atoms with Gasteiger partial charge in [0.05, 0.1) is 6.61 Å². The van der Waals surface area contributed by atoms with E-state index in [4.69, 9.17) is 10.5 Å². The minimum atomic E-state index is -1.23. The van der Waals surface area contributed by atoms with Gasteiger partial charge < -0.3 is 20.7 Å². The summed E-state index contributed by atoms with van der Waals surface area (Å²) in [5, 5.41) is 2.78. The van der Waals surface area contributed by atoms with Crippen LogP contribution in [0.3, 0.4) is 0 Å². The van der Waals surface area contributed by atoms with E-state index in [1.165, 1.54) is 6.92 Å². The van der Waals surface area contributed by atoms with Gasteiger partial charge in [0.15, 0.2) is 6.04 Å². The maximum Gasteiger partial charge on any atom is 0.332 e. The second-order valence-corrected chi connectivity index (χ2v) is 4.94. The van der Waals surface area contributed by atoms with Crippen LogP contribution in [-0.2, 0) is 19.1 Å². The molecule has 0 aromatic rings. The van der Waals surface area contributed by atoms with E-state index in [9.17, 15) is 14.4 Å². The number of nitrogens with zero attached hydrogens (tertiary/aromatic N) is 1. The third kappa shape index (κ3) is 4.80. The molecule has 0 aromatic heterocycles. The molecule has 20 heavy (non-hydrogen) atoms. The molecule has 7 nitrogen and oxygen atoms in total. The average molecular weight is 285 g/mol. The van der Waals surface area contributed by atoms with Crippen LogP contribution in [0, 0.1) is 5.92 Å².